The van der Waals surface area contributed by atoms with Gasteiger partial charge in [-0.2, -0.15) is 0 Å². The fraction of sp³-hybridized carbons (Fsp3) is 0.892. The molecule has 5 atom stereocenters. The van der Waals surface area contributed by atoms with Crippen LogP contribution >= 0.6 is 15.6 Å². The zero-order chi connectivity index (χ0) is 68.7. The zero-order valence-electron chi connectivity index (χ0n) is 60.2. The quantitative estimate of drug-likeness (QED) is 0.0169. The molecular weight excluding hydrogens is 1220 g/mol. The maximum Gasteiger partial charge on any atom is 0.472 e. The fourth-order valence-corrected chi connectivity index (χ4v) is 12.3. The van der Waals surface area contributed by atoms with Crippen molar-refractivity contribution in [2.75, 3.05) is 39.6 Å². The number of aliphatic hydroxyl groups excluding tert-OH is 1. The van der Waals surface area contributed by atoms with Crippen LogP contribution in [-0.2, 0) is 65.4 Å². The van der Waals surface area contributed by atoms with Crippen LogP contribution in [0.3, 0.4) is 0 Å². The summed E-state index contributed by atoms with van der Waals surface area (Å²) < 4.78 is 68.3. The van der Waals surface area contributed by atoms with Gasteiger partial charge in [-0.05, 0) is 69.1 Å². The molecule has 0 aromatic carbocycles. The summed E-state index contributed by atoms with van der Waals surface area (Å²) in [5.41, 5.74) is 0. The van der Waals surface area contributed by atoms with Gasteiger partial charge in [0.05, 0.1) is 26.4 Å². The fourth-order valence-electron chi connectivity index (χ4n) is 10.7. The van der Waals surface area contributed by atoms with Gasteiger partial charge in [0.1, 0.15) is 19.3 Å². The second-order valence-corrected chi connectivity index (χ2v) is 30.3. The summed E-state index contributed by atoms with van der Waals surface area (Å²) in [5.74, 6) is 0.0475. The third kappa shape index (κ3) is 67.9. The highest BCUT2D eigenvalue weighted by atomic mass is 31.2. The lowest BCUT2D eigenvalue weighted by molar-refractivity contribution is -0.161. The lowest BCUT2D eigenvalue weighted by atomic mass is 10.0. The van der Waals surface area contributed by atoms with Crippen LogP contribution in [0.1, 0.15) is 350 Å². The molecule has 0 aromatic heterocycles. The number of unbranched alkanes of at least 4 members (excludes halogenated alkanes) is 35. The van der Waals surface area contributed by atoms with Crippen molar-refractivity contribution in [1.29, 1.82) is 0 Å². The van der Waals surface area contributed by atoms with Gasteiger partial charge < -0.3 is 33.8 Å². The number of esters is 4. The molecule has 0 aliphatic heterocycles. The smallest absolute Gasteiger partial charge is 0.462 e. The van der Waals surface area contributed by atoms with Gasteiger partial charge in [0.25, 0.3) is 0 Å². The number of phosphoric acid groups is 2. The summed E-state index contributed by atoms with van der Waals surface area (Å²) in [6, 6.07) is 0. The number of carbonyl (C=O) groups excluding carboxylic acids is 4. The Morgan fingerprint density at radius 2 is 0.581 bits per heavy atom. The average molecular weight is 1360 g/mol. The molecule has 0 fully saturated rings. The van der Waals surface area contributed by atoms with Crippen molar-refractivity contribution in [2.24, 2.45) is 17.8 Å². The Labute approximate surface area is 567 Å². The highest BCUT2D eigenvalue weighted by Crippen LogP contribution is 2.45. The number of ether oxygens (including phenoxy) is 4. The van der Waals surface area contributed by atoms with Crippen LogP contribution in [0, 0.1) is 17.8 Å². The van der Waals surface area contributed by atoms with E-state index in [2.05, 4.69) is 72.8 Å². The largest absolute Gasteiger partial charge is 0.472 e. The van der Waals surface area contributed by atoms with Crippen molar-refractivity contribution in [3.63, 3.8) is 0 Å². The minimum absolute atomic E-state index is 0.0836. The van der Waals surface area contributed by atoms with E-state index in [0.29, 0.717) is 31.6 Å². The zero-order valence-corrected chi connectivity index (χ0v) is 62.0. The molecule has 0 aliphatic carbocycles. The minimum atomic E-state index is -4.96. The lowest BCUT2D eigenvalue weighted by Crippen LogP contribution is -2.30. The summed E-state index contributed by atoms with van der Waals surface area (Å²) in [5, 5.41) is 10.6. The van der Waals surface area contributed by atoms with E-state index >= 15 is 0 Å². The third-order valence-corrected chi connectivity index (χ3v) is 18.4. The van der Waals surface area contributed by atoms with Gasteiger partial charge in [-0.15, -0.1) is 0 Å². The summed E-state index contributed by atoms with van der Waals surface area (Å²) in [6.45, 7) is 11.7. The Hall–Kier alpha value is -2.46. The van der Waals surface area contributed by atoms with Gasteiger partial charge >= 0.3 is 39.5 Å². The molecule has 0 rings (SSSR count). The molecule has 93 heavy (non-hydrogen) atoms. The summed E-state index contributed by atoms with van der Waals surface area (Å²) in [7, 11) is -9.92. The molecule has 548 valence electrons. The van der Waals surface area contributed by atoms with E-state index in [1.165, 1.54) is 141 Å². The van der Waals surface area contributed by atoms with Crippen LogP contribution < -0.4 is 0 Å². The summed E-state index contributed by atoms with van der Waals surface area (Å²) >= 11 is 0. The third-order valence-electron chi connectivity index (χ3n) is 16.5. The standard InChI is InChI=1S/C74H140O17P2/c1-8-9-10-11-12-13-14-15-17-21-24-27-34-43-50-58-74(79)91-70(62-85-72(77)56-49-42-37-36-40-47-54-67(6)7)64-89-93(82,83)87-60-68(75)59-86-92(80,81)88-63-69(61-84-71(76)55-48-41-33-30-29-32-39-46-53-66(4)5)90-73(78)57-51-44-35-28-25-22-19-16-18-20-23-26-31-38-45-52-65(2)3/h13-15,17,65-70,75H,8-12,16,18-64H2,1-7H3,(H,80,81)(H,82,83)/b14-13-,17-15-/t68-,69-,70-/m1/s1. The highest BCUT2D eigenvalue weighted by molar-refractivity contribution is 7.47. The number of phosphoric ester groups is 2. The van der Waals surface area contributed by atoms with Crippen LogP contribution in [0.2, 0.25) is 0 Å². The normalized spacial score (nSPS) is 14.3. The van der Waals surface area contributed by atoms with E-state index in [9.17, 15) is 43.2 Å². The molecule has 0 radical (unpaired) electrons. The number of allylic oxidation sites excluding steroid dienone is 4. The number of hydrogen-bond acceptors (Lipinski definition) is 15. The molecule has 0 saturated carbocycles. The Bertz CT molecular complexity index is 1910. The Balaban J connectivity index is 5.25. The molecule has 0 bridgehead atoms. The van der Waals surface area contributed by atoms with Crippen LogP contribution in [0.15, 0.2) is 24.3 Å². The molecule has 0 saturated heterocycles. The second-order valence-electron chi connectivity index (χ2n) is 27.4. The average Bonchev–Trinajstić information content (AvgIpc) is 2.84. The number of carbonyl (C=O) groups is 4. The highest BCUT2D eigenvalue weighted by Gasteiger charge is 2.30. The van der Waals surface area contributed by atoms with Crippen LogP contribution in [-0.4, -0.2) is 96.7 Å². The number of hydrogen-bond donors (Lipinski definition) is 3. The van der Waals surface area contributed by atoms with Crippen molar-refractivity contribution in [3.05, 3.63) is 24.3 Å². The predicted octanol–water partition coefficient (Wildman–Crippen LogP) is 21.0. The topological polar surface area (TPSA) is 237 Å². The monoisotopic (exact) mass is 1360 g/mol. The van der Waals surface area contributed by atoms with Gasteiger partial charge in [0.15, 0.2) is 12.2 Å². The van der Waals surface area contributed by atoms with Gasteiger partial charge in [0, 0.05) is 25.7 Å². The molecule has 0 aliphatic rings. The van der Waals surface area contributed by atoms with E-state index in [1.807, 2.05) is 0 Å². The van der Waals surface area contributed by atoms with Gasteiger partial charge in [-0.3, -0.25) is 37.3 Å². The molecule has 2 unspecified atom stereocenters. The first kappa shape index (κ1) is 90.5. The van der Waals surface area contributed by atoms with Crippen LogP contribution in [0.5, 0.6) is 0 Å². The van der Waals surface area contributed by atoms with Crippen molar-refractivity contribution < 1.29 is 80.2 Å². The summed E-state index contributed by atoms with van der Waals surface area (Å²) in [4.78, 5) is 72.6. The van der Waals surface area contributed by atoms with Crippen molar-refractivity contribution in [3.8, 4) is 0 Å². The molecule has 0 spiro atoms. The molecule has 3 N–H and O–H groups in total. The van der Waals surface area contributed by atoms with Crippen molar-refractivity contribution >= 4 is 39.5 Å². The Morgan fingerprint density at radius 3 is 0.871 bits per heavy atom. The number of aliphatic hydroxyl groups is 1. The summed E-state index contributed by atoms with van der Waals surface area (Å²) in [6.07, 6.45) is 52.4. The predicted molar refractivity (Wildman–Crippen MR) is 377 cm³/mol. The van der Waals surface area contributed by atoms with E-state index in [0.717, 1.165) is 121 Å². The molecule has 0 heterocycles. The van der Waals surface area contributed by atoms with E-state index in [-0.39, 0.29) is 25.7 Å². The first-order valence-electron chi connectivity index (χ1n) is 37.7. The lowest BCUT2D eigenvalue weighted by Gasteiger charge is -2.21. The molecule has 0 aromatic rings. The Morgan fingerprint density at radius 1 is 0.333 bits per heavy atom. The van der Waals surface area contributed by atoms with Crippen molar-refractivity contribution in [2.45, 2.75) is 369 Å². The van der Waals surface area contributed by atoms with Crippen LogP contribution in [0.25, 0.3) is 0 Å². The van der Waals surface area contributed by atoms with E-state index < -0.39 is 97.5 Å². The maximum absolute atomic E-state index is 13.0. The van der Waals surface area contributed by atoms with Crippen molar-refractivity contribution in [1.82, 2.24) is 0 Å². The minimum Gasteiger partial charge on any atom is -0.462 e. The van der Waals surface area contributed by atoms with Gasteiger partial charge in [0.2, 0.25) is 0 Å². The van der Waals surface area contributed by atoms with Gasteiger partial charge in [-0.25, -0.2) is 9.13 Å². The second kappa shape index (κ2) is 64.2. The van der Waals surface area contributed by atoms with Crippen LogP contribution in [0.4, 0.5) is 0 Å². The van der Waals surface area contributed by atoms with E-state index in [1.54, 1.807) is 0 Å². The first-order valence-corrected chi connectivity index (χ1v) is 40.7. The SMILES string of the molecule is CCCCCC/C=C\C=C/CCCCCCCC(=O)O[C@H](COC(=O)CCCCCCCCC(C)C)COP(=O)(O)OC[C@H](O)COP(=O)(O)OC[C@@H](COC(=O)CCCCCCCCCCC(C)C)OC(=O)CCCCCCCCCCCCCCCCCC(C)C. The maximum atomic E-state index is 13.0. The molecule has 0 amide bonds. The first-order chi connectivity index (χ1) is 44.7. The number of rotatable bonds is 70. The Kier molecular flexibility index (Phi) is 62.5. The molecule has 19 heteroatoms. The van der Waals surface area contributed by atoms with Gasteiger partial charge in [-0.1, -0.05) is 297 Å². The van der Waals surface area contributed by atoms with E-state index in [4.69, 9.17) is 37.0 Å². The molecule has 17 nitrogen and oxygen atoms in total. The molecular formula is C74H140O17P2.